The first-order valence-electron chi connectivity index (χ1n) is 4.50. The van der Waals surface area contributed by atoms with Gasteiger partial charge in [-0.1, -0.05) is 0 Å². The highest BCUT2D eigenvalue weighted by Gasteiger charge is 2.53. The number of ether oxygens (including phenoxy) is 3. The molecule has 0 amide bonds. The van der Waals surface area contributed by atoms with Crippen molar-refractivity contribution in [2.45, 2.75) is 25.0 Å². The summed E-state index contributed by atoms with van der Waals surface area (Å²) in [6.07, 6.45) is 0.949. The summed E-state index contributed by atoms with van der Waals surface area (Å²) >= 11 is 0. The average molecular weight is 171 g/mol. The summed E-state index contributed by atoms with van der Waals surface area (Å²) in [5.74, 6) is 0.852. The summed E-state index contributed by atoms with van der Waals surface area (Å²) in [6.45, 7) is 1.45. The number of rotatable bonds is 0. The fourth-order valence-corrected chi connectivity index (χ4v) is 2.51. The van der Waals surface area contributed by atoms with Gasteiger partial charge in [-0.2, -0.15) is 0 Å². The lowest BCUT2D eigenvalue weighted by Crippen LogP contribution is -2.33. The van der Waals surface area contributed by atoms with Gasteiger partial charge in [-0.05, 0) is 6.42 Å². The SMILES string of the molecule is N[C@@H]1CO[C@@H]2O[C@H]3OCC[C@H]3[C@@H]21. The molecule has 0 aliphatic carbocycles. The van der Waals surface area contributed by atoms with Gasteiger partial charge in [-0.25, -0.2) is 0 Å². The molecule has 3 rings (SSSR count). The molecule has 5 atom stereocenters. The summed E-state index contributed by atoms with van der Waals surface area (Å²) in [5.41, 5.74) is 5.92. The van der Waals surface area contributed by atoms with E-state index in [0.29, 0.717) is 18.4 Å². The second kappa shape index (κ2) is 2.42. The molecular formula is C8H13NO3. The Balaban J connectivity index is 1.85. The first kappa shape index (κ1) is 7.26. The van der Waals surface area contributed by atoms with Crippen LogP contribution >= 0.6 is 0 Å². The van der Waals surface area contributed by atoms with Crippen molar-refractivity contribution >= 4 is 0 Å². The van der Waals surface area contributed by atoms with Crippen LogP contribution in [0.2, 0.25) is 0 Å². The van der Waals surface area contributed by atoms with Crippen LogP contribution in [-0.2, 0) is 14.2 Å². The molecule has 4 nitrogen and oxygen atoms in total. The van der Waals surface area contributed by atoms with Crippen LogP contribution in [0.4, 0.5) is 0 Å². The van der Waals surface area contributed by atoms with Crippen molar-refractivity contribution in [1.82, 2.24) is 0 Å². The quantitative estimate of drug-likeness (QED) is 0.542. The lowest BCUT2D eigenvalue weighted by molar-refractivity contribution is -0.188. The minimum atomic E-state index is -0.0877. The Labute approximate surface area is 71.0 Å². The minimum absolute atomic E-state index is 0.0358. The molecule has 0 aromatic rings. The monoisotopic (exact) mass is 171 g/mol. The Kier molecular flexibility index (Phi) is 1.46. The minimum Gasteiger partial charge on any atom is -0.352 e. The van der Waals surface area contributed by atoms with Gasteiger partial charge in [0.05, 0.1) is 13.2 Å². The summed E-state index contributed by atoms with van der Waals surface area (Å²) in [6, 6.07) is 0.145. The fourth-order valence-electron chi connectivity index (χ4n) is 2.51. The molecule has 0 bridgehead atoms. The van der Waals surface area contributed by atoms with Crippen molar-refractivity contribution < 1.29 is 14.2 Å². The molecule has 3 aliphatic heterocycles. The molecule has 0 saturated carbocycles. The highest BCUT2D eigenvalue weighted by Crippen LogP contribution is 2.44. The maximum absolute atomic E-state index is 5.92. The molecule has 0 aromatic carbocycles. The standard InChI is InChI=1S/C8H13NO3/c9-5-3-11-8-6(5)4-1-2-10-7(4)12-8/h4-8H,1-3,9H2/t4-,5+,6+,7+,8+/m0/s1. The molecule has 0 aromatic heterocycles. The largest absolute Gasteiger partial charge is 0.352 e. The van der Waals surface area contributed by atoms with E-state index in [0.717, 1.165) is 13.0 Å². The van der Waals surface area contributed by atoms with Crippen molar-refractivity contribution in [1.29, 1.82) is 0 Å². The predicted molar refractivity (Wildman–Crippen MR) is 40.1 cm³/mol. The summed E-state index contributed by atoms with van der Waals surface area (Å²) in [5, 5.41) is 0. The summed E-state index contributed by atoms with van der Waals surface area (Å²) < 4.78 is 16.4. The molecule has 3 heterocycles. The van der Waals surface area contributed by atoms with Crippen LogP contribution < -0.4 is 5.73 Å². The van der Waals surface area contributed by atoms with Gasteiger partial charge in [0.25, 0.3) is 0 Å². The third-order valence-corrected chi connectivity index (χ3v) is 3.11. The Morgan fingerprint density at radius 3 is 3.00 bits per heavy atom. The third-order valence-electron chi connectivity index (χ3n) is 3.11. The third kappa shape index (κ3) is 0.808. The molecule has 12 heavy (non-hydrogen) atoms. The van der Waals surface area contributed by atoms with Crippen LogP contribution in [0.15, 0.2) is 0 Å². The van der Waals surface area contributed by atoms with E-state index in [1.165, 1.54) is 0 Å². The zero-order valence-corrected chi connectivity index (χ0v) is 6.81. The van der Waals surface area contributed by atoms with Crippen LogP contribution in [-0.4, -0.2) is 31.8 Å². The van der Waals surface area contributed by atoms with Gasteiger partial charge in [-0.15, -0.1) is 0 Å². The molecule has 3 aliphatic rings. The van der Waals surface area contributed by atoms with Gasteiger partial charge in [-0.3, -0.25) is 0 Å². The molecule has 2 N–H and O–H groups in total. The van der Waals surface area contributed by atoms with Gasteiger partial charge < -0.3 is 19.9 Å². The van der Waals surface area contributed by atoms with Gasteiger partial charge in [0.1, 0.15) is 0 Å². The topological polar surface area (TPSA) is 53.7 Å². The Morgan fingerprint density at radius 2 is 2.08 bits per heavy atom. The fraction of sp³-hybridized carbons (Fsp3) is 1.00. The molecule has 0 radical (unpaired) electrons. The van der Waals surface area contributed by atoms with Gasteiger partial charge >= 0.3 is 0 Å². The van der Waals surface area contributed by atoms with E-state index < -0.39 is 0 Å². The molecule has 0 spiro atoms. The molecular weight excluding hydrogens is 158 g/mol. The Hall–Kier alpha value is -0.160. The molecule has 3 fully saturated rings. The van der Waals surface area contributed by atoms with E-state index in [4.69, 9.17) is 19.9 Å². The maximum Gasteiger partial charge on any atom is 0.165 e. The lowest BCUT2D eigenvalue weighted by Gasteiger charge is -2.15. The van der Waals surface area contributed by atoms with Crippen molar-refractivity contribution in [3.63, 3.8) is 0 Å². The lowest BCUT2D eigenvalue weighted by atomic mass is 9.88. The summed E-state index contributed by atoms with van der Waals surface area (Å²) in [4.78, 5) is 0. The van der Waals surface area contributed by atoms with E-state index in [1.807, 2.05) is 0 Å². The van der Waals surface area contributed by atoms with Gasteiger partial charge in [0, 0.05) is 17.9 Å². The van der Waals surface area contributed by atoms with Crippen molar-refractivity contribution in [2.24, 2.45) is 17.6 Å². The normalized spacial score (nSPS) is 57.2. The molecule has 3 saturated heterocycles. The van der Waals surface area contributed by atoms with Crippen LogP contribution in [0.3, 0.4) is 0 Å². The van der Waals surface area contributed by atoms with Crippen molar-refractivity contribution in [3.05, 3.63) is 0 Å². The number of nitrogens with two attached hydrogens (primary N) is 1. The molecule has 0 unspecified atom stereocenters. The number of hydrogen-bond donors (Lipinski definition) is 1. The highest BCUT2D eigenvalue weighted by atomic mass is 16.8. The number of fused-ring (bicyclic) bond motifs is 3. The Bertz CT molecular complexity index is 199. The van der Waals surface area contributed by atoms with E-state index >= 15 is 0 Å². The van der Waals surface area contributed by atoms with Crippen LogP contribution in [0.5, 0.6) is 0 Å². The zero-order chi connectivity index (χ0) is 8.13. The average Bonchev–Trinajstić information content (AvgIpc) is 2.61. The van der Waals surface area contributed by atoms with E-state index in [9.17, 15) is 0 Å². The highest BCUT2D eigenvalue weighted by molar-refractivity contribution is 4.94. The Morgan fingerprint density at radius 1 is 1.17 bits per heavy atom. The van der Waals surface area contributed by atoms with Crippen LogP contribution in [0, 0.1) is 11.8 Å². The van der Waals surface area contributed by atoms with Crippen LogP contribution in [0.1, 0.15) is 6.42 Å². The zero-order valence-electron chi connectivity index (χ0n) is 6.81. The maximum atomic E-state index is 5.92. The second-order valence-corrected chi connectivity index (χ2v) is 3.77. The first-order chi connectivity index (χ1) is 5.86. The van der Waals surface area contributed by atoms with Gasteiger partial charge in [0.15, 0.2) is 12.6 Å². The first-order valence-corrected chi connectivity index (χ1v) is 4.50. The molecule has 68 valence electrons. The van der Waals surface area contributed by atoms with E-state index in [1.54, 1.807) is 0 Å². The predicted octanol–water partition coefficient (Wildman–Crippen LogP) is -0.321. The molecule has 4 heteroatoms. The van der Waals surface area contributed by atoms with Crippen molar-refractivity contribution in [2.75, 3.05) is 13.2 Å². The van der Waals surface area contributed by atoms with Crippen molar-refractivity contribution in [3.8, 4) is 0 Å². The number of hydrogen-bond acceptors (Lipinski definition) is 4. The van der Waals surface area contributed by atoms with E-state index in [-0.39, 0.29) is 18.6 Å². The van der Waals surface area contributed by atoms with Crippen LogP contribution in [0.25, 0.3) is 0 Å². The van der Waals surface area contributed by atoms with Gasteiger partial charge in [0.2, 0.25) is 0 Å². The van der Waals surface area contributed by atoms with E-state index in [2.05, 4.69) is 0 Å². The smallest absolute Gasteiger partial charge is 0.165 e. The summed E-state index contributed by atoms with van der Waals surface area (Å²) in [7, 11) is 0. The second-order valence-electron chi connectivity index (χ2n) is 3.77.